The van der Waals surface area contributed by atoms with Crippen molar-refractivity contribution in [1.82, 2.24) is 15.1 Å². The van der Waals surface area contributed by atoms with Crippen LogP contribution in [0.25, 0.3) is 0 Å². The lowest BCUT2D eigenvalue weighted by atomic mass is 9.99. The van der Waals surface area contributed by atoms with Gasteiger partial charge in [0, 0.05) is 30.6 Å². The molecule has 144 valence electrons. The number of piperidine rings is 1. The minimum absolute atomic E-state index is 0.129. The normalized spacial score (nSPS) is 22.8. The molecule has 1 aromatic heterocycles. The van der Waals surface area contributed by atoms with Gasteiger partial charge in [-0.25, -0.2) is 0 Å². The minimum atomic E-state index is 0.129. The molecule has 2 aliphatic heterocycles. The van der Waals surface area contributed by atoms with Crippen molar-refractivity contribution in [1.29, 1.82) is 0 Å². The summed E-state index contributed by atoms with van der Waals surface area (Å²) in [5, 5.41) is 3.13. The Balaban J connectivity index is 1.19. The van der Waals surface area contributed by atoms with Gasteiger partial charge >= 0.3 is 0 Å². The molecule has 1 amide bonds. The molecule has 0 unspecified atom stereocenters. The Labute approximate surface area is 161 Å². The minimum Gasteiger partial charge on any atom is -0.351 e. The lowest BCUT2D eigenvalue weighted by molar-refractivity contribution is 0.0954. The van der Waals surface area contributed by atoms with Crippen LogP contribution in [0.4, 0.5) is 0 Å². The van der Waals surface area contributed by atoms with Gasteiger partial charge in [-0.3, -0.25) is 9.69 Å². The predicted octanol–water partition coefficient (Wildman–Crippen LogP) is 3.86. The number of nitrogens with zero attached hydrogens (tertiary/aromatic N) is 2. The molecule has 0 aromatic carbocycles. The number of nitrogens with one attached hydrogen (secondary N) is 1. The van der Waals surface area contributed by atoms with Gasteiger partial charge in [-0.2, -0.15) is 0 Å². The zero-order valence-corrected chi connectivity index (χ0v) is 17.0. The molecule has 0 radical (unpaired) electrons. The van der Waals surface area contributed by atoms with Gasteiger partial charge in [0.05, 0.1) is 4.88 Å². The molecule has 1 aliphatic carbocycles. The number of amides is 1. The summed E-state index contributed by atoms with van der Waals surface area (Å²) in [7, 11) is 0. The first-order valence-corrected chi connectivity index (χ1v) is 11.4. The van der Waals surface area contributed by atoms with Crippen molar-refractivity contribution in [3.8, 4) is 0 Å². The fraction of sp³-hybridized carbons (Fsp3) is 0.762. The lowest BCUT2D eigenvalue weighted by Gasteiger charge is -2.30. The Kier molecular flexibility index (Phi) is 5.97. The molecule has 3 aliphatic rings. The Morgan fingerprint density at radius 1 is 1.19 bits per heavy atom. The van der Waals surface area contributed by atoms with Crippen LogP contribution in [0, 0.1) is 5.92 Å². The number of rotatable bonds is 6. The first kappa shape index (κ1) is 18.5. The van der Waals surface area contributed by atoms with E-state index in [1.54, 1.807) is 11.3 Å². The first-order valence-electron chi connectivity index (χ1n) is 10.6. The van der Waals surface area contributed by atoms with Crippen molar-refractivity contribution in [3.05, 3.63) is 21.4 Å². The molecule has 0 spiro atoms. The average Bonchev–Trinajstić information content (AvgIpc) is 3.35. The van der Waals surface area contributed by atoms with Crippen LogP contribution in [-0.2, 0) is 13.1 Å². The maximum absolute atomic E-state index is 12.5. The van der Waals surface area contributed by atoms with E-state index in [9.17, 15) is 4.79 Å². The largest absolute Gasteiger partial charge is 0.351 e. The second kappa shape index (κ2) is 8.41. The highest BCUT2D eigenvalue weighted by Crippen LogP contribution is 2.35. The lowest BCUT2D eigenvalue weighted by Crippen LogP contribution is -2.35. The van der Waals surface area contributed by atoms with Crippen LogP contribution in [0.5, 0.6) is 0 Å². The van der Waals surface area contributed by atoms with Gasteiger partial charge in [0.2, 0.25) is 0 Å². The fourth-order valence-corrected chi connectivity index (χ4v) is 5.83. The van der Waals surface area contributed by atoms with Crippen LogP contribution < -0.4 is 5.32 Å². The summed E-state index contributed by atoms with van der Waals surface area (Å²) in [5.41, 5.74) is 1.40. The molecule has 1 saturated heterocycles. The van der Waals surface area contributed by atoms with Gasteiger partial charge in [0.1, 0.15) is 0 Å². The number of thiophene rings is 1. The molecule has 4 nitrogen and oxygen atoms in total. The van der Waals surface area contributed by atoms with Gasteiger partial charge in [0.15, 0.2) is 0 Å². The molecule has 1 aromatic rings. The van der Waals surface area contributed by atoms with E-state index in [1.807, 2.05) is 0 Å². The highest BCUT2D eigenvalue weighted by molar-refractivity contribution is 7.14. The molecular weight excluding hydrogens is 342 g/mol. The molecule has 4 rings (SSSR count). The summed E-state index contributed by atoms with van der Waals surface area (Å²) in [5.74, 6) is 1.01. The molecule has 0 bridgehead atoms. The Morgan fingerprint density at radius 3 is 2.69 bits per heavy atom. The number of likely N-dealkylation sites (tertiary alicyclic amines) is 1. The van der Waals surface area contributed by atoms with Gasteiger partial charge in [0.25, 0.3) is 5.91 Å². The number of fused-ring (bicyclic) bond motifs is 1. The van der Waals surface area contributed by atoms with Gasteiger partial charge in [-0.05, 0) is 69.3 Å². The molecule has 5 heteroatoms. The standard InChI is InChI=1S/C21H33N3OS/c1-16-7-11-23(12-8-16)10-4-9-22-21(25)19-13-17-14-24(15-20(17)26-19)18-5-2-3-6-18/h13,16,18H,2-12,14-15H2,1H3,(H,22,25). The van der Waals surface area contributed by atoms with Crippen LogP contribution in [0.3, 0.4) is 0 Å². The fourth-order valence-electron chi connectivity index (χ4n) is 4.71. The van der Waals surface area contributed by atoms with Crippen molar-refractivity contribution in [2.75, 3.05) is 26.2 Å². The Hall–Kier alpha value is -0.910. The highest BCUT2D eigenvalue weighted by atomic mass is 32.1. The second-order valence-electron chi connectivity index (χ2n) is 8.54. The van der Waals surface area contributed by atoms with E-state index in [4.69, 9.17) is 0 Å². The molecule has 2 fully saturated rings. The summed E-state index contributed by atoms with van der Waals surface area (Å²) < 4.78 is 0. The van der Waals surface area contributed by atoms with E-state index in [0.717, 1.165) is 49.4 Å². The van der Waals surface area contributed by atoms with E-state index < -0.39 is 0 Å². The molecule has 1 saturated carbocycles. The van der Waals surface area contributed by atoms with Crippen LogP contribution >= 0.6 is 11.3 Å². The van der Waals surface area contributed by atoms with Crippen molar-refractivity contribution in [2.24, 2.45) is 5.92 Å². The molecule has 1 N–H and O–H groups in total. The number of hydrogen-bond acceptors (Lipinski definition) is 4. The quantitative estimate of drug-likeness (QED) is 0.767. The van der Waals surface area contributed by atoms with E-state index in [-0.39, 0.29) is 5.91 Å². The SMILES string of the molecule is CC1CCN(CCCNC(=O)c2cc3c(s2)CN(C2CCCC2)C3)CC1. The zero-order chi connectivity index (χ0) is 17.9. The Morgan fingerprint density at radius 2 is 1.96 bits per heavy atom. The molecular formula is C21H33N3OS. The maximum atomic E-state index is 12.5. The van der Waals surface area contributed by atoms with Crippen LogP contribution in [0.2, 0.25) is 0 Å². The second-order valence-corrected chi connectivity index (χ2v) is 9.67. The summed E-state index contributed by atoms with van der Waals surface area (Å²) in [4.78, 5) is 20.0. The van der Waals surface area contributed by atoms with Crippen molar-refractivity contribution < 1.29 is 4.79 Å². The van der Waals surface area contributed by atoms with Gasteiger partial charge < -0.3 is 10.2 Å². The smallest absolute Gasteiger partial charge is 0.261 e. The summed E-state index contributed by atoms with van der Waals surface area (Å²) in [6.07, 6.45) is 9.20. The van der Waals surface area contributed by atoms with E-state index >= 15 is 0 Å². The monoisotopic (exact) mass is 375 g/mol. The third-order valence-electron chi connectivity index (χ3n) is 6.49. The van der Waals surface area contributed by atoms with Crippen molar-refractivity contribution >= 4 is 17.2 Å². The molecule has 3 heterocycles. The van der Waals surface area contributed by atoms with E-state index in [2.05, 4.69) is 28.1 Å². The van der Waals surface area contributed by atoms with Crippen molar-refractivity contribution in [3.63, 3.8) is 0 Å². The van der Waals surface area contributed by atoms with Crippen LogP contribution in [0.1, 0.15) is 72.0 Å². The highest BCUT2D eigenvalue weighted by Gasteiger charge is 2.30. The summed E-state index contributed by atoms with van der Waals surface area (Å²) in [6, 6.07) is 2.93. The number of carbonyl (C=O) groups is 1. The van der Waals surface area contributed by atoms with E-state index in [1.165, 1.54) is 62.1 Å². The van der Waals surface area contributed by atoms with Gasteiger partial charge in [-0.15, -0.1) is 11.3 Å². The average molecular weight is 376 g/mol. The maximum Gasteiger partial charge on any atom is 0.261 e. The third-order valence-corrected chi connectivity index (χ3v) is 7.66. The molecule has 26 heavy (non-hydrogen) atoms. The van der Waals surface area contributed by atoms with Crippen LogP contribution in [0.15, 0.2) is 6.07 Å². The summed E-state index contributed by atoms with van der Waals surface area (Å²) in [6.45, 7) is 8.83. The third kappa shape index (κ3) is 4.32. The van der Waals surface area contributed by atoms with Crippen molar-refractivity contribution in [2.45, 2.75) is 71.0 Å². The Bertz CT molecular complexity index is 591. The van der Waals surface area contributed by atoms with E-state index in [0.29, 0.717) is 0 Å². The van der Waals surface area contributed by atoms with Crippen LogP contribution in [-0.4, -0.2) is 47.9 Å². The first-order chi connectivity index (χ1) is 12.7. The zero-order valence-electron chi connectivity index (χ0n) is 16.1. The predicted molar refractivity (Wildman–Crippen MR) is 108 cm³/mol. The number of hydrogen-bond donors (Lipinski definition) is 1. The van der Waals surface area contributed by atoms with Gasteiger partial charge in [-0.1, -0.05) is 19.8 Å². The topological polar surface area (TPSA) is 35.6 Å². The molecule has 0 atom stereocenters. The number of carbonyl (C=O) groups excluding carboxylic acids is 1. The summed E-state index contributed by atoms with van der Waals surface area (Å²) >= 11 is 1.71.